The molecule has 1 rings (SSSR count). The molecule has 0 aromatic heterocycles. The third kappa shape index (κ3) is 2.10. The van der Waals surface area contributed by atoms with Gasteiger partial charge in [0.2, 0.25) is 0 Å². The Morgan fingerprint density at radius 2 is 2.25 bits per heavy atom. The highest BCUT2D eigenvalue weighted by Gasteiger charge is 2.27. The summed E-state index contributed by atoms with van der Waals surface area (Å²) in [5.74, 6) is 1.65. The van der Waals surface area contributed by atoms with Crippen LogP contribution in [0.4, 0.5) is 0 Å². The molecule has 1 saturated carbocycles. The lowest BCUT2D eigenvalue weighted by Gasteiger charge is -2.19. The fraction of sp³-hybridized carbons (Fsp3) is 0.818. The molecule has 1 fully saturated rings. The van der Waals surface area contributed by atoms with Gasteiger partial charge in [-0.25, -0.2) is 0 Å². The predicted octanol–water partition coefficient (Wildman–Crippen LogP) is 2.72. The predicted molar refractivity (Wildman–Crippen MR) is 53.9 cm³/mol. The van der Waals surface area contributed by atoms with Crippen molar-refractivity contribution < 1.29 is 0 Å². The topological polar surface area (TPSA) is 26.0 Å². The van der Waals surface area contributed by atoms with E-state index in [0.717, 1.165) is 11.5 Å². The largest absolute Gasteiger partial charge is 0.324 e. The average Bonchev–Trinajstić information content (AvgIpc) is 2.50. The molecule has 3 unspecified atom stereocenters. The quantitative estimate of drug-likeness (QED) is 0.643. The van der Waals surface area contributed by atoms with Gasteiger partial charge in [0.1, 0.15) is 0 Å². The highest BCUT2D eigenvalue weighted by atomic mass is 14.7. The molecule has 0 amide bonds. The standard InChI is InChI=1S/C11H21N/c1-4-9-5-6-10(7-9)11(12)8(2)3/h9-11H,2,4-7,12H2,1,3H3. The van der Waals surface area contributed by atoms with E-state index in [4.69, 9.17) is 5.73 Å². The Balaban J connectivity index is 2.41. The van der Waals surface area contributed by atoms with Crippen molar-refractivity contribution in [2.24, 2.45) is 17.6 Å². The molecule has 0 aromatic carbocycles. The smallest absolute Gasteiger partial charge is 0.0277 e. The first-order valence-electron chi connectivity index (χ1n) is 5.06. The minimum atomic E-state index is 0.251. The van der Waals surface area contributed by atoms with Gasteiger partial charge in [-0.2, -0.15) is 0 Å². The van der Waals surface area contributed by atoms with E-state index in [1.165, 1.54) is 25.7 Å². The summed E-state index contributed by atoms with van der Waals surface area (Å²) < 4.78 is 0. The van der Waals surface area contributed by atoms with Gasteiger partial charge in [0.05, 0.1) is 0 Å². The minimum Gasteiger partial charge on any atom is -0.324 e. The first-order valence-corrected chi connectivity index (χ1v) is 5.06. The minimum absolute atomic E-state index is 0.251. The van der Waals surface area contributed by atoms with Gasteiger partial charge in [0, 0.05) is 6.04 Å². The van der Waals surface area contributed by atoms with E-state index in [9.17, 15) is 0 Å². The molecule has 12 heavy (non-hydrogen) atoms. The summed E-state index contributed by atoms with van der Waals surface area (Å²) in [5, 5.41) is 0. The van der Waals surface area contributed by atoms with Crippen LogP contribution in [-0.4, -0.2) is 6.04 Å². The second-order valence-electron chi connectivity index (χ2n) is 4.22. The van der Waals surface area contributed by atoms with Crippen molar-refractivity contribution in [3.63, 3.8) is 0 Å². The van der Waals surface area contributed by atoms with Gasteiger partial charge in [-0.05, 0) is 31.6 Å². The third-order valence-electron chi connectivity index (χ3n) is 3.24. The Kier molecular flexibility index (Phi) is 3.33. The molecular formula is C11H21N. The Hall–Kier alpha value is -0.300. The SMILES string of the molecule is C=C(C)C(N)C1CCC(CC)C1. The van der Waals surface area contributed by atoms with Crippen LogP contribution >= 0.6 is 0 Å². The van der Waals surface area contributed by atoms with E-state index >= 15 is 0 Å². The third-order valence-corrected chi connectivity index (χ3v) is 3.24. The van der Waals surface area contributed by atoms with Gasteiger partial charge in [-0.3, -0.25) is 0 Å². The molecule has 0 aromatic rings. The van der Waals surface area contributed by atoms with E-state index in [-0.39, 0.29) is 6.04 Å². The van der Waals surface area contributed by atoms with Crippen LogP contribution in [-0.2, 0) is 0 Å². The van der Waals surface area contributed by atoms with Gasteiger partial charge in [0.15, 0.2) is 0 Å². The maximum Gasteiger partial charge on any atom is 0.0277 e. The molecule has 1 aliphatic carbocycles. The van der Waals surface area contributed by atoms with Crippen molar-refractivity contribution >= 4 is 0 Å². The molecule has 0 heterocycles. The Labute approximate surface area is 76.0 Å². The highest BCUT2D eigenvalue weighted by Crippen LogP contribution is 2.35. The van der Waals surface area contributed by atoms with Gasteiger partial charge >= 0.3 is 0 Å². The van der Waals surface area contributed by atoms with Crippen molar-refractivity contribution in [2.45, 2.75) is 45.6 Å². The average molecular weight is 167 g/mol. The summed E-state index contributed by atoms with van der Waals surface area (Å²) in [6.45, 7) is 8.25. The molecular weight excluding hydrogens is 146 g/mol. The van der Waals surface area contributed by atoms with Crippen LogP contribution in [0, 0.1) is 11.8 Å². The molecule has 3 atom stereocenters. The second-order valence-corrected chi connectivity index (χ2v) is 4.22. The number of rotatable bonds is 3. The molecule has 0 aliphatic heterocycles. The highest BCUT2D eigenvalue weighted by molar-refractivity contribution is 5.04. The van der Waals surface area contributed by atoms with E-state index in [1.807, 2.05) is 6.92 Å². The Bertz CT molecular complexity index is 162. The van der Waals surface area contributed by atoms with E-state index < -0.39 is 0 Å². The monoisotopic (exact) mass is 167 g/mol. The van der Waals surface area contributed by atoms with Crippen LogP contribution in [0.25, 0.3) is 0 Å². The summed E-state index contributed by atoms with van der Waals surface area (Å²) in [7, 11) is 0. The molecule has 70 valence electrons. The van der Waals surface area contributed by atoms with Crippen molar-refractivity contribution in [1.29, 1.82) is 0 Å². The summed E-state index contributed by atoms with van der Waals surface area (Å²) in [5.41, 5.74) is 7.19. The van der Waals surface area contributed by atoms with Crippen LogP contribution in [0.2, 0.25) is 0 Å². The van der Waals surface area contributed by atoms with Crippen LogP contribution < -0.4 is 5.73 Å². The van der Waals surface area contributed by atoms with E-state index in [2.05, 4.69) is 13.5 Å². The maximum atomic E-state index is 6.04. The molecule has 0 saturated heterocycles. The number of nitrogens with two attached hydrogens (primary N) is 1. The molecule has 1 aliphatic rings. The zero-order chi connectivity index (χ0) is 9.14. The summed E-state index contributed by atoms with van der Waals surface area (Å²) in [4.78, 5) is 0. The van der Waals surface area contributed by atoms with Crippen molar-refractivity contribution in [3.05, 3.63) is 12.2 Å². The van der Waals surface area contributed by atoms with Crippen LogP contribution in [0.1, 0.15) is 39.5 Å². The van der Waals surface area contributed by atoms with Crippen molar-refractivity contribution in [1.82, 2.24) is 0 Å². The molecule has 1 nitrogen and oxygen atoms in total. The summed E-state index contributed by atoms with van der Waals surface area (Å²) in [6.07, 6.45) is 5.33. The van der Waals surface area contributed by atoms with Crippen molar-refractivity contribution in [2.75, 3.05) is 0 Å². The molecule has 0 radical (unpaired) electrons. The summed E-state index contributed by atoms with van der Waals surface area (Å²) in [6, 6.07) is 0.251. The van der Waals surface area contributed by atoms with Gasteiger partial charge in [-0.15, -0.1) is 0 Å². The number of hydrogen-bond acceptors (Lipinski definition) is 1. The van der Waals surface area contributed by atoms with Gasteiger partial charge in [0.25, 0.3) is 0 Å². The fourth-order valence-corrected chi connectivity index (χ4v) is 2.21. The molecule has 1 heteroatoms. The normalized spacial score (nSPS) is 31.9. The lowest BCUT2D eigenvalue weighted by molar-refractivity contribution is 0.439. The number of hydrogen-bond donors (Lipinski definition) is 1. The Morgan fingerprint density at radius 1 is 1.58 bits per heavy atom. The van der Waals surface area contributed by atoms with Crippen molar-refractivity contribution in [3.8, 4) is 0 Å². The zero-order valence-electron chi connectivity index (χ0n) is 8.34. The fourth-order valence-electron chi connectivity index (χ4n) is 2.21. The molecule has 0 bridgehead atoms. The molecule has 0 spiro atoms. The Morgan fingerprint density at radius 3 is 2.67 bits per heavy atom. The maximum absolute atomic E-state index is 6.04. The molecule has 2 N–H and O–H groups in total. The first-order chi connectivity index (χ1) is 5.65. The first kappa shape index (κ1) is 9.79. The van der Waals surface area contributed by atoms with Crippen LogP contribution in [0.5, 0.6) is 0 Å². The van der Waals surface area contributed by atoms with Crippen LogP contribution in [0.3, 0.4) is 0 Å². The van der Waals surface area contributed by atoms with Gasteiger partial charge in [-0.1, -0.05) is 31.9 Å². The van der Waals surface area contributed by atoms with E-state index in [1.54, 1.807) is 0 Å². The zero-order valence-corrected chi connectivity index (χ0v) is 8.34. The van der Waals surface area contributed by atoms with Crippen LogP contribution in [0.15, 0.2) is 12.2 Å². The lowest BCUT2D eigenvalue weighted by Crippen LogP contribution is -2.29. The van der Waals surface area contributed by atoms with E-state index in [0.29, 0.717) is 5.92 Å². The lowest BCUT2D eigenvalue weighted by atomic mass is 9.92. The summed E-state index contributed by atoms with van der Waals surface area (Å²) >= 11 is 0. The second kappa shape index (κ2) is 4.08. The van der Waals surface area contributed by atoms with Gasteiger partial charge < -0.3 is 5.73 Å².